The molecule has 3 aromatic rings. The van der Waals surface area contributed by atoms with Crippen molar-refractivity contribution in [2.75, 3.05) is 31.0 Å². The van der Waals surface area contributed by atoms with E-state index < -0.39 is 6.09 Å². The molecule has 3 rings (SSSR count). The molecule has 0 atom stereocenters. The molecular weight excluding hydrogens is 376 g/mol. The van der Waals surface area contributed by atoms with E-state index in [9.17, 15) is 9.90 Å². The Morgan fingerprint density at radius 3 is 2.48 bits per heavy atom. The maximum Gasteiger partial charge on any atom is 0.414 e. The van der Waals surface area contributed by atoms with Gasteiger partial charge in [-0.15, -0.1) is 10.2 Å². The van der Waals surface area contributed by atoms with Crippen molar-refractivity contribution >= 4 is 23.5 Å². The average Bonchev–Trinajstić information content (AvgIpc) is 3.11. The molecule has 10 heteroatoms. The third kappa shape index (κ3) is 4.31. The molecule has 0 aliphatic rings. The van der Waals surface area contributed by atoms with Crippen LogP contribution in [0.1, 0.15) is 19.4 Å². The van der Waals surface area contributed by atoms with E-state index in [-0.39, 0.29) is 12.0 Å². The zero-order valence-electron chi connectivity index (χ0n) is 16.8. The molecule has 2 aromatic heterocycles. The topological polar surface area (TPSA) is 114 Å². The monoisotopic (exact) mass is 400 g/mol. The summed E-state index contributed by atoms with van der Waals surface area (Å²) in [7, 11) is 3.23. The lowest BCUT2D eigenvalue weighted by Crippen LogP contribution is -2.37. The lowest BCUT2D eigenvalue weighted by Gasteiger charge is -2.20. The van der Waals surface area contributed by atoms with Crippen LogP contribution in [0.25, 0.3) is 5.65 Å². The van der Waals surface area contributed by atoms with Gasteiger partial charge in [-0.25, -0.2) is 14.7 Å². The highest BCUT2D eigenvalue weighted by Crippen LogP contribution is 2.23. The van der Waals surface area contributed by atoms with E-state index in [2.05, 4.69) is 20.5 Å². The highest BCUT2D eigenvalue weighted by molar-refractivity contribution is 5.85. The van der Waals surface area contributed by atoms with Gasteiger partial charge in [-0.05, 0) is 38.0 Å². The molecule has 1 amide bonds. The van der Waals surface area contributed by atoms with Gasteiger partial charge < -0.3 is 19.9 Å². The summed E-state index contributed by atoms with van der Waals surface area (Å²) in [6.45, 7) is 4.13. The summed E-state index contributed by atoms with van der Waals surface area (Å²) in [4.78, 5) is 17.1. The van der Waals surface area contributed by atoms with Gasteiger partial charge in [-0.3, -0.25) is 4.40 Å². The van der Waals surface area contributed by atoms with Crippen molar-refractivity contribution in [1.29, 1.82) is 0 Å². The van der Waals surface area contributed by atoms with E-state index in [0.29, 0.717) is 24.4 Å². The van der Waals surface area contributed by atoms with Crippen LogP contribution in [0, 0.1) is 0 Å². The van der Waals surface area contributed by atoms with Crippen LogP contribution in [0.2, 0.25) is 0 Å². The lowest BCUT2D eigenvalue weighted by atomic mass is 10.1. The van der Waals surface area contributed by atoms with Gasteiger partial charge in [-0.1, -0.05) is 0 Å². The molecule has 0 radical (unpaired) electrons. The fraction of sp³-hybridized carbons (Fsp3) is 0.368. The number of hydrogen-bond acceptors (Lipinski definition) is 7. The highest BCUT2D eigenvalue weighted by Gasteiger charge is 2.24. The molecule has 2 heterocycles. The molecular formula is C19H24N6O4. The Morgan fingerprint density at radius 2 is 1.90 bits per heavy atom. The molecule has 0 spiro atoms. The third-order valence-corrected chi connectivity index (χ3v) is 4.36. The molecule has 0 aliphatic heterocycles. The maximum atomic E-state index is 11.6. The number of fused-ring (bicyclic) bond motifs is 1. The van der Waals surface area contributed by atoms with Gasteiger partial charge in [0, 0.05) is 31.0 Å². The second kappa shape index (κ2) is 8.63. The number of nitrogens with one attached hydrogen (secondary N) is 1. The predicted molar refractivity (Wildman–Crippen MR) is 108 cm³/mol. The number of ether oxygens (including phenoxy) is 2. The molecule has 29 heavy (non-hydrogen) atoms. The van der Waals surface area contributed by atoms with Gasteiger partial charge in [0.15, 0.2) is 5.82 Å². The number of hydrogen-bond donors (Lipinski definition) is 2. The maximum absolute atomic E-state index is 11.6. The number of benzene rings is 1. The van der Waals surface area contributed by atoms with Crippen LogP contribution in [0.5, 0.6) is 11.5 Å². The first kappa shape index (κ1) is 20.2. The SMILES string of the molecule is COc1cc(CCNc2nccn3c(N(C(=O)O)C(C)C)nnc23)cc(OC)c1. The van der Waals surface area contributed by atoms with Crippen LogP contribution in [-0.4, -0.2) is 57.6 Å². The summed E-state index contributed by atoms with van der Waals surface area (Å²) in [5, 5.41) is 20.9. The minimum atomic E-state index is -1.09. The molecule has 0 saturated carbocycles. The van der Waals surface area contributed by atoms with Crippen LogP contribution >= 0.6 is 0 Å². The van der Waals surface area contributed by atoms with Crippen LogP contribution in [-0.2, 0) is 6.42 Å². The summed E-state index contributed by atoms with van der Waals surface area (Å²) >= 11 is 0. The normalized spacial score (nSPS) is 10.9. The van der Waals surface area contributed by atoms with Gasteiger partial charge >= 0.3 is 6.09 Å². The quantitative estimate of drug-likeness (QED) is 0.593. The van der Waals surface area contributed by atoms with Crippen molar-refractivity contribution in [2.24, 2.45) is 0 Å². The molecule has 10 nitrogen and oxygen atoms in total. The molecule has 0 bridgehead atoms. The molecule has 0 fully saturated rings. The van der Waals surface area contributed by atoms with Crippen molar-refractivity contribution in [2.45, 2.75) is 26.3 Å². The number of nitrogens with zero attached hydrogens (tertiary/aromatic N) is 5. The number of rotatable bonds is 8. The Balaban J connectivity index is 1.79. The molecule has 2 N–H and O–H groups in total. The zero-order chi connectivity index (χ0) is 21.0. The van der Waals surface area contributed by atoms with E-state index in [4.69, 9.17) is 9.47 Å². The smallest absolute Gasteiger partial charge is 0.414 e. The van der Waals surface area contributed by atoms with Crippen molar-refractivity contribution in [3.05, 3.63) is 36.2 Å². The third-order valence-electron chi connectivity index (χ3n) is 4.36. The van der Waals surface area contributed by atoms with Gasteiger partial charge in [0.25, 0.3) is 0 Å². The summed E-state index contributed by atoms with van der Waals surface area (Å²) in [6.07, 6.45) is 2.83. The van der Waals surface area contributed by atoms with E-state index in [1.54, 1.807) is 44.9 Å². The second-order valence-corrected chi connectivity index (χ2v) is 6.61. The summed E-state index contributed by atoms with van der Waals surface area (Å²) in [6, 6.07) is 5.43. The van der Waals surface area contributed by atoms with Crippen molar-refractivity contribution < 1.29 is 19.4 Å². The van der Waals surface area contributed by atoms with E-state index in [1.807, 2.05) is 18.2 Å². The average molecular weight is 400 g/mol. The largest absolute Gasteiger partial charge is 0.497 e. The van der Waals surface area contributed by atoms with Crippen molar-refractivity contribution in [3.63, 3.8) is 0 Å². The Kier molecular flexibility index (Phi) is 6.01. The molecule has 0 aliphatic carbocycles. The van der Waals surface area contributed by atoms with Crippen LogP contribution in [0.4, 0.5) is 16.6 Å². The Hall–Kier alpha value is -3.56. The van der Waals surface area contributed by atoms with E-state index >= 15 is 0 Å². The van der Waals surface area contributed by atoms with Gasteiger partial charge in [-0.2, -0.15) is 0 Å². The van der Waals surface area contributed by atoms with Gasteiger partial charge in [0.1, 0.15) is 11.5 Å². The van der Waals surface area contributed by atoms with Gasteiger partial charge in [0.2, 0.25) is 11.6 Å². The van der Waals surface area contributed by atoms with Crippen LogP contribution < -0.4 is 19.7 Å². The van der Waals surface area contributed by atoms with E-state index in [0.717, 1.165) is 22.0 Å². The van der Waals surface area contributed by atoms with Crippen LogP contribution in [0.3, 0.4) is 0 Å². The summed E-state index contributed by atoms with van der Waals surface area (Å²) in [5.41, 5.74) is 1.50. The predicted octanol–water partition coefficient (Wildman–Crippen LogP) is 2.69. The number of anilines is 2. The summed E-state index contributed by atoms with van der Waals surface area (Å²) in [5.74, 6) is 2.20. The fourth-order valence-corrected chi connectivity index (χ4v) is 2.98. The molecule has 0 saturated heterocycles. The first-order valence-corrected chi connectivity index (χ1v) is 9.12. The Bertz CT molecular complexity index is 981. The lowest BCUT2D eigenvalue weighted by molar-refractivity contribution is 0.199. The zero-order valence-corrected chi connectivity index (χ0v) is 16.8. The fourth-order valence-electron chi connectivity index (χ4n) is 2.98. The van der Waals surface area contributed by atoms with Crippen molar-refractivity contribution in [3.8, 4) is 11.5 Å². The first-order chi connectivity index (χ1) is 13.9. The van der Waals surface area contributed by atoms with Crippen LogP contribution in [0.15, 0.2) is 30.6 Å². The standard InChI is InChI=1S/C19H24N6O4/c1-12(2)25(19(26)27)18-23-22-17-16(21-7-8-24(17)18)20-6-5-13-9-14(28-3)11-15(10-13)29-4/h7-12H,5-6H2,1-4H3,(H,20,21)(H,26,27). The molecule has 1 aromatic carbocycles. The number of carbonyl (C=O) groups is 1. The number of aromatic nitrogens is 4. The Labute approximate surface area is 168 Å². The van der Waals surface area contributed by atoms with E-state index in [1.165, 1.54) is 0 Å². The second-order valence-electron chi connectivity index (χ2n) is 6.61. The van der Waals surface area contributed by atoms with Crippen molar-refractivity contribution in [1.82, 2.24) is 19.6 Å². The van der Waals surface area contributed by atoms with Gasteiger partial charge in [0.05, 0.1) is 14.2 Å². The molecule has 0 unspecified atom stereocenters. The first-order valence-electron chi connectivity index (χ1n) is 9.12. The Morgan fingerprint density at radius 1 is 1.21 bits per heavy atom. The highest BCUT2D eigenvalue weighted by atomic mass is 16.5. The number of amides is 1. The molecule has 154 valence electrons. The number of carboxylic acid groups (broad SMARTS) is 1. The minimum absolute atomic E-state index is 0.227. The minimum Gasteiger partial charge on any atom is -0.497 e. The number of methoxy groups -OCH3 is 2. The summed E-state index contributed by atoms with van der Waals surface area (Å²) < 4.78 is 12.2.